The zero-order valence-corrected chi connectivity index (χ0v) is 12.0. The molecule has 0 aromatic carbocycles. The van der Waals surface area contributed by atoms with Gasteiger partial charge in [-0.05, 0) is 31.8 Å². The third kappa shape index (κ3) is 3.29. The van der Waals surface area contributed by atoms with Crippen LogP contribution in [0.3, 0.4) is 0 Å². The lowest BCUT2D eigenvalue weighted by atomic mass is 10.1. The van der Waals surface area contributed by atoms with Crippen LogP contribution < -0.4 is 16.6 Å². The standard InChI is InChI=1S/C15H21N3O2/c1-3-11(2)18-14(19)9-13(17-15(18)20)16-10-12-7-5-4-6-8-12/h5,7-9,11,16H,3-4,6,10H2,1-2H3,(H,17,20). The molecule has 0 spiro atoms. The van der Waals surface area contributed by atoms with E-state index < -0.39 is 0 Å². The number of nitrogens with one attached hydrogen (secondary N) is 2. The molecule has 5 nitrogen and oxygen atoms in total. The van der Waals surface area contributed by atoms with Gasteiger partial charge in [0.1, 0.15) is 5.82 Å². The van der Waals surface area contributed by atoms with Gasteiger partial charge in [0.15, 0.2) is 0 Å². The Morgan fingerprint density at radius 2 is 2.20 bits per heavy atom. The maximum absolute atomic E-state index is 12.0. The van der Waals surface area contributed by atoms with Crippen molar-refractivity contribution in [3.05, 3.63) is 50.7 Å². The van der Waals surface area contributed by atoms with Gasteiger partial charge in [-0.1, -0.05) is 25.2 Å². The molecule has 1 aromatic rings. The summed E-state index contributed by atoms with van der Waals surface area (Å²) in [7, 11) is 0. The van der Waals surface area contributed by atoms with Gasteiger partial charge in [-0.3, -0.25) is 14.3 Å². The molecule has 2 rings (SSSR count). The predicted octanol–water partition coefficient (Wildman–Crippen LogP) is 2.20. The SMILES string of the molecule is CCC(C)n1c(=O)cc(NCC2=CCCC=C2)[nH]c1=O. The number of rotatable bonds is 5. The molecule has 0 saturated heterocycles. The minimum absolute atomic E-state index is 0.0933. The Morgan fingerprint density at radius 1 is 1.40 bits per heavy atom. The second-order valence-electron chi connectivity index (χ2n) is 5.07. The summed E-state index contributed by atoms with van der Waals surface area (Å²) >= 11 is 0. The Kier molecular flexibility index (Phi) is 4.61. The maximum atomic E-state index is 12.0. The van der Waals surface area contributed by atoms with E-state index in [0.29, 0.717) is 12.4 Å². The van der Waals surface area contributed by atoms with Crippen LogP contribution >= 0.6 is 0 Å². The van der Waals surface area contributed by atoms with Gasteiger partial charge in [-0.15, -0.1) is 0 Å². The molecule has 0 fully saturated rings. The fourth-order valence-electron chi connectivity index (χ4n) is 2.20. The highest BCUT2D eigenvalue weighted by Gasteiger charge is 2.09. The second kappa shape index (κ2) is 6.41. The number of H-pyrrole nitrogens is 1. The third-order valence-electron chi connectivity index (χ3n) is 3.55. The summed E-state index contributed by atoms with van der Waals surface area (Å²) in [6.07, 6.45) is 9.21. The first-order valence-electron chi connectivity index (χ1n) is 7.07. The molecule has 0 bridgehead atoms. The Hall–Kier alpha value is -2.04. The molecule has 108 valence electrons. The minimum Gasteiger partial charge on any atom is -0.367 e. The molecule has 20 heavy (non-hydrogen) atoms. The zero-order valence-electron chi connectivity index (χ0n) is 12.0. The van der Waals surface area contributed by atoms with Crippen LogP contribution in [0.5, 0.6) is 0 Å². The molecule has 1 atom stereocenters. The monoisotopic (exact) mass is 275 g/mol. The summed E-state index contributed by atoms with van der Waals surface area (Å²) in [6.45, 7) is 4.42. The molecule has 1 aromatic heterocycles. The first-order chi connectivity index (χ1) is 9.61. The lowest BCUT2D eigenvalue weighted by Crippen LogP contribution is -2.37. The minimum atomic E-state index is -0.359. The zero-order chi connectivity index (χ0) is 14.5. The van der Waals surface area contributed by atoms with Crippen LogP contribution in [0.2, 0.25) is 0 Å². The first kappa shape index (κ1) is 14.4. The number of hydrogen-bond acceptors (Lipinski definition) is 3. The van der Waals surface area contributed by atoms with Gasteiger partial charge >= 0.3 is 5.69 Å². The van der Waals surface area contributed by atoms with E-state index in [1.807, 2.05) is 13.8 Å². The van der Waals surface area contributed by atoms with Gasteiger partial charge in [-0.25, -0.2) is 4.79 Å². The van der Waals surface area contributed by atoms with E-state index in [4.69, 9.17) is 0 Å². The largest absolute Gasteiger partial charge is 0.367 e. The maximum Gasteiger partial charge on any atom is 0.330 e. The Morgan fingerprint density at radius 3 is 2.80 bits per heavy atom. The van der Waals surface area contributed by atoms with Crippen molar-refractivity contribution < 1.29 is 0 Å². The highest BCUT2D eigenvalue weighted by Crippen LogP contribution is 2.10. The molecule has 2 N–H and O–H groups in total. The molecular formula is C15H21N3O2. The van der Waals surface area contributed by atoms with Crippen LogP contribution in [0, 0.1) is 0 Å². The topological polar surface area (TPSA) is 66.9 Å². The summed E-state index contributed by atoms with van der Waals surface area (Å²) in [4.78, 5) is 26.7. The van der Waals surface area contributed by atoms with Crippen LogP contribution in [0.1, 0.15) is 39.2 Å². The predicted molar refractivity (Wildman–Crippen MR) is 81.3 cm³/mol. The van der Waals surface area contributed by atoms with E-state index in [-0.39, 0.29) is 17.3 Å². The van der Waals surface area contributed by atoms with E-state index in [1.165, 1.54) is 16.2 Å². The van der Waals surface area contributed by atoms with E-state index in [1.54, 1.807) is 0 Å². The Bertz CT molecular complexity index is 606. The van der Waals surface area contributed by atoms with Crippen LogP contribution in [0.4, 0.5) is 5.82 Å². The van der Waals surface area contributed by atoms with Crippen LogP contribution in [-0.2, 0) is 0 Å². The fourth-order valence-corrected chi connectivity index (χ4v) is 2.20. The van der Waals surface area contributed by atoms with Crippen LogP contribution in [0.25, 0.3) is 0 Å². The third-order valence-corrected chi connectivity index (χ3v) is 3.55. The van der Waals surface area contributed by atoms with Gasteiger partial charge in [-0.2, -0.15) is 0 Å². The van der Waals surface area contributed by atoms with E-state index in [2.05, 4.69) is 28.5 Å². The molecule has 0 saturated carbocycles. The quantitative estimate of drug-likeness (QED) is 0.865. The average Bonchev–Trinajstić information content (AvgIpc) is 2.45. The van der Waals surface area contributed by atoms with Gasteiger partial charge in [0.25, 0.3) is 5.56 Å². The highest BCUT2D eigenvalue weighted by molar-refractivity contribution is 5.37. The Labute approximate surface area is 118 Å². The molecule has 5 heteroatoms. The van der Waals surface area contributed by atoms with Crippen LogP contribution in [-0.4, -0.2) is 16.1 Å². The number of aromatic amines is 1. The van der Waals surface area contributed by atoms with Crippen molar-refractivity contribution in [2.45, 2.75) is 39.2 Å². The Balaban J connectivity index is 2.14. The van der Waals surface area contributed by atoms with Crippen molar-refractivity contribution in [2.75, 3.05) is 11.9 Å². The molecule has 0 aliphatic heterocycles. The summed E-state index contributed by atoms with van der Waals surface area (Å²) < 4.78 is 1.25. The van der Waals surface area contributed by atoms with Gasteiger partial charge in [0.05, 0.1) is 0 Å². The molecular weight excluding hydrogens is 254 g/mol. The first-order valence-corrected chi connectivity index (χ1v) is 7.07. The normalized spacial score (nSPS) is 15.8. The summed E-state index contributed by atoms with van der Waals surface area (Å²) in [5.41, 5.74) is 0.546. The summed E-state index contributed by atoms with van der Waals surface area (Å²) in [5.74, 6) is 0.472. The van der Waals surface area contributed by atoms with Crippen molar-refractivity contribution in [3.8, 4) is 0 Å². The molecule has 1 unspecified atom stereocenters. The average molecular weight is 275 g/mol. The van der Waals surface area contributed by atoms with Crippen molar-refractivity contribution in [2.24, 2.45) is 0 Å². The number of nitrogens with zero attached hydrogens (tertiary/aromatic N) is 1. The lowest BCUT2D eigenvalue weighted by Gasteiger charge is -2.13. The molecule has 1 heterocycles. The lowest BCUT2D eigenvalue weighted by molar-refractivity contribution is 0.490. The smallest absolute Gasteiger partial charge is 0.330 e. The number of hydrogen-bond donors (Lipinski definition) is 2. The van der Waals surface area contributed by atoms with Gasteiger partial charge < -0.3 is 5.32 Å². The second-order valence-corrected chi connectivity index (χ2v) is 5.07. The van der Waals surface area contributed by atoms with Gasteiger partial charge in [0.2, 0.25) is 0 Å². The number of allylic oxidation sites excluding steroid dienone is 2. The number of aromatic nitrogens is 2. The van der Waals surface area contributed by atoms with Crippen molar-refractivity contribution in [1.29, 1.82) is 0 Å². The van der Waals surface area contributed by atoms with E-state index in [0.717, 1.165) is 19.3 Å². The van der Waals surface area contributed by atoms with Crippen molar-refractivity contribution in [1.82, 2.24) is 9.55 Å². The number of anilines is 1. The molecule has 1 aliphatic rings. The van der Waals surface area contributed by atoms with E-state index in [9.17, 15) is 9.59 Å². The van der Waals surface area contributed by atoms with Gasteiger partial charge in [0, 0.05) is 18.7 Å². The summed E-state index contributed by atoms with van der Waals surface area (Å²) in [6, 6.07) is 1.35. The fraction of sp³-hybridized carbons (Fsp3) is 0.467. The molecule has 1 aliphatic carbocycles. The van der Waals surface area contributed by atoms with Crippen molar-refractivity contribution in [3.63, 3.8) is 0 Å². The van der Waals surface area contributed by atoms with E-state index >= 15 is 0 Å². The highest BCUT2D eigenvalue weighted by atomic mass is 16.2. The molecule has 0 amide bonds. The summed E-state index contributed by atoms with van der Waals surface area (Å²) in [5, 5.41) is 3.09. The van der Waals surface area contributed by atoms with Crippen molar-refractivity contribution >= 4 is 5.82 Å². The van der Waals surface area contributed by atoms with Crippen LogP contribution in [0.15, 0.2) is 39.5 Å². The molecule has 0 radical (unpaired) electrons.